The minimum atomic E-state index is -0.488. The van der Waals surface area contributed by atoms with E-state index < -0.39 is 5.41 Å². The van der Waals surface area contributed by atoms with Crippen LogP contribution in [0, 0.1) is 0 Å². The van der Waals surface area contributed by atoms with Crippen molar-refractivity contribution in [3.8, 4) is 0 Å². The molecule has 2 N–H and O–H groups in total. The van der Waals surface area contributed by atoms with Crippen molar-refractivity contribution in [3.63, 3.8) is 0 Å². The van der Waals surface area contributed by atoms with E-state index in [0.717, 1.165) is 35.4 Å². The van der Waals surface area contributed by atoms with Gasteiger partial charge in [0.1, 0.15) is 0 Å². The number of hydrogen-bond acceptors (Lipinski definition) is 3. The largest absolute Gasteiger partial charge is 0.325 e. The fraction of sp³-hybridized carbons (Fsp3) is 0.263. The Morgan fingerprint density at radius 1 is 1.16 bits per heavy atom. The first-order valence-corrected chi connectivity index (χ1v) is 9.57. The minimum absolute atomic E-state index is 0.00388. The molecule has 1 aliphatic carbocycles. The maximum absolute atomic E-state index is 13.0. The molecule has 4 nitrogen and oxygen atoms in total. The van der Waals surface area contributed by atoms with Crippen LogP contribution in [0.3, 0.4) is 0 Å². The number of carbonyl (C=O) groups excluding carboxylic acids is 2. The lowest BCUT2D eigenvalue weighted by Crippen LogP contribution is -2.46. The number of amides is 2. The lowest BCUT2D eigenvalue weighted by Gasteiger charge is -2.40. The summed E-state index contributed by atoms with van der Waals surface area (Å²) in [6.07, 6.45) is 2.70. The summed E-state index contributed by atoms with van der Waals surface area (Å²) in [7, 11) is 0. The fourth-order valence-electron chi connectivity index (χ4n) is 3.36. The van der Waals surface area contributed by atoms with Gasteiger partial charge in [-0.3, -0.25) is 9.59 Å². The molecule has 1 saturated carbocycles. The Bertz CT molecular complexity index is 847. The number of rotatable bonds is 3. The van der Waals surface area contributed by atoms with Crippen LogP contribution in [0.1, 0.15) is 24.8 Å². The summed E-state index contributed by atoms with van der Waals surface area (Å²) in [6.45, 7) is 0. The van der Waals surface area contributed by atoms with Crippen molar-refractivity contribution in [3.05, 3.63) is 53.1 Å². The molecule has 1 fully saturated rings. The second-order valence-corrected chi connectivity index (χ2v) is 7.90. The summed E-state index contributed by atoms with van der Waals surface area (Å²) in [6, 6.07) is 13.2. The molecule has 0 unspecified atom stereocenters. The number of thioether (sulfide) groups is 1. The van der Waals surface area contributed by atoms with Gasteiger partial charge >= 0.3 is 0 Å². The first-order valence-electron chi connectivity index (χ1n) is 8.21. The number of carbonyl (C=O) groups is 2. The molecule has 0 bridgehead atoms. The monoisotopic (exact) mass is 372 g/mol. The van der Waals surface area contributed by atoms with Gasteiger partial charge in [-0.2, -0.15) is 0 Å². The van der Waals surface area contributed by atoms with Crippen molar-refractivity contribution in [2.75, 3.05) is 16.4 Å². The Morgan fingerprint density at radius 3 is 2.60 bits per heavy atom. The Labute approximate surface area is 155 Å². The van der Waals surface area contributed by atoms with Crippen molar-refractivity contribution >= 4 is 46.6 Å². The summed E-state index contributed by atoms with van der Waals surface area (Å²) in [5.41, 5.74) is 1.97. The number of nitrogens with one attached hydrogen (secondary N) is 2. The molecule has 2 aromatic carbocycles. The lowest BCUT2D eigenvalue weighted by molar-refractivity contribution is -0.124. The SMILES string of the molecule is O=C1CSc2ccc(NC(=O)C3(c4ccc(Cl)cc4)CCC3)cc2N1. The van der Waals surface area contributed by atoms with Gasteiger partial charge in [-0.15, -0.1) is 11.8 Å². The van der Waals surface area contributed by atoms with E-state index in [-0.39, 0.29) is 11.8 Å². The van der Waals surface area contributed by atoms with E-state index in [0.29, 0.717) is 16.5 Å². The molecule has 0 saturated heterocycles. The molecule has 1 heterocycles. The highest BCUT2D eigenvalue weighted by molar-refractivity contribution is 8.00. The first kappa shape index (κ1) is 16.5. The number of anilines is 2. The predicted molar refractivity (Wildman–Crippen MR) is 101 cm³/mol. The number of fused-ring (bicyclic) bond motifs is 1. The van der Waals surface area contributed by atoms with Gasteiger partial charge in [-0.25, -0.2) is 0 Å². The molecular formula is C19H17ClN2O2S. The zero-order chi connectivity index (χ0) is 17.4. The second-order valence-electron chi connectivity index (χ2n) is 6.44. The summed E-state index contributed by atoms with van der Waals surface area (Å²) in [5.74, 6) is 0.409. The lowest BCUT2D eigenvalue weighted by atomic mass is 9.64. The topological polar surface area (TPSA) is 58.2 Å². The van der Waals surface area contributed by atoms with Gasteiger partial charge in [-0.05, 0) is 48.7 Å². The van der Waals surface area contributed by atoms with Gasteiger partial charge < -0.3 is 10.6 Å². The number of benzene rings is 2. The smallest absolute Gasteiger partial charge is 0.235 e. The summed E-state index contributed by atoms with van der Waals surface area (Å²) >= 11 is 7.48. The molecule has 2 aliphatic rings. The normalized spacial score (nSPS) is 17.9. The highest BCUT2D eigenvalue weighted by atomic mass is 35.5. The fourth-order valence-corrected chi connectivity index (χ4v) is 4.27. The van der Waals surface area contributed by atoms with Crippen molar-refractivity contribution < 1.29 is 9.59 Å². The maximum Gasteiger partial charge on any atom is 0.235 e. The zero-order valence-electron chi connectivity index (χ0n) is 13.5. The Hall–Kier alpha value is -1.98. The summed E-state index contributed by atoms with van der Waals surface area (Å²) in [5, 5.41) is 6.55. The second kappa shape index (κ2) is 6.39. The highest BCUT2D eigenvalue weighted by Crippen LogP contribution is 2.45. The Balaban J connectivity index is 1.58. The van der Waals surface area contributed by atoms with Gasteiger partial charge in [0, 0.05) is 15.6 Å². The van der Waals surface area contributed by atoms with Gasteiger partial charge in [0.05, 0.1) is 16.9 Å². The van der Waals surface area contributed by atoms with Crippen LogP contribution < -0.4 is 10.6 Å². The average Bonchev–Trinajstić information content (AvgIpc) is 2.55. The third kappa shape index (κ3) is 3.02. The Kier molecular flexibility index (Phi) is 4.21. The van der Waals surface area contributed by atoms with Gasteiger partial charge in [0.15, 0.2) is 0 Å². The van der Waals surface area contributed by atoms with Crippen molar-refractivity contribution in [1.29, 1.82) is 0 Å². The first-order chi connectivity index (χ1) is 12.1. The van der Waals surface area contributed by atoms with E-state index in [4.69, 9.17) is 11.6 Å². The standard InChI is InChI=1S/C19H17ClN2O2S/c20-13-4-2-12(3-5-13)19(8-1-9-19)18(24)21-14-6-7-16-15(10-14)22-17(23)11-25-16/h2-7,10H,1,8-9,11H2,(H,21,24)(H,22,23). The third-order valence-electron chi connectivity index (χ3n) is 4.91. The number of hydrogen-bond donors (Lipinski definition) is 2. The molecule has 4 rings (SSSR count). The van der Waals surface area contributed by atoms with Gasteiger partial charge in [-0.1, -0.05) is 30.2 Å². The molecule has 2 amide bonds. The molecule has 25 heavy (non-hydrogen) atoms. The third-order valence-corrected chi connectivity index (χ3v) is 6.23. The van der Waals surface area contributed by atoms with Crippen LogP contribution >= 0.6 is 23.4 Å². The Morgan fingerprint density at radius 2 is 1.92 bits per heavy atom. The van der Waals surface area contributed by atoms with Crippen molar-refractivity contribution in [2.24, 2.45) is 0 Å². The maximum atomic E-state index is 13.0. The van der Waals surface area contributed by atoms with E-state index in [1.54, 1.807) is 0 Å². The molecule has 0 radical (unpaired) electrons. The molecule has 6 heteroatoms. The highest BCUT2D eigenvalue weighted by Gasteiger charge is 2.45. The van der Waals surface area contributed by atoms with Gasteiger partial charge in [0.2, 0.25) is 11.8 Å². The van der Waals surface area contributed by atoms with E-state index in [1.807, 2.05) is 42.5 Å². The van der Waals surface area contributed by atoms with Crippen LogP contribution in [-0.4, -0.2) is 17.6 Å². The molecule has 128 valence electrons. The quantitative estimate of drug-likeness (QED) is 0.837. The van der Waals surface area contributed by atoms with Crippen LogP contribution in [0.5, 0.6) is 0 Å². The molecule has 2 aromatic rings. The average molecular weight is 373 g/mol. The van der Waals surface area contributed by atoms with E-state index >= 15 is 0 Å². The van der Waals surface area contributed by atoms with Crippen LogP contribution in [-0.2, 0) is 15.0 Å². The van der Waals surface area contributed by atoms with Crippen molar-refractivity contribution in [2.45, 2.75) is 29.6 Å². The summed E-state index contributed by atoms with van der Waals surface area (Å²) < 4.78 is 0. The zero-order valence-corrected chi connectivity index (χ0v) is 15.0. The van der Waals surface area contributed by atoms with Crippen LogP contribution in [0.4, 0.5) is 11.4 Å². The summed E-state index contributed by atoms with van der Waals surface area (Å²) in [4.78, 5) is 25.6. The molecule has 0 spiro atoms. The molecule has 0 aromatic heterocycles. The molecule has 1 aliphatic heterocycles. The van der Waals surface area contributed by atoms with E-state index in [1.165, 1.54) is 11.8 Å². The minimum Gasteiger partial charge on any atom is -0.325 e. The van der Waals surface area contributed by atoms with Crippen LogP contribution in [0.15, 0.2) is 47.4 Å². The van der Waals surface area contributed by atoms with E-state index in [2.05, 4.69) is 10.6 Å². The predicted octanol–water partition coefficient (Wildman–Crippen LogP) is 4.44. The van der Waals surface area contributed by atoms with Crippen LogP contribution in [0.2, 0.25) is 5.02 Å². The van der Waals surface area contributed by atoms with E-state index in [9.17, 15) is 9.59 Å². The van der Waals surface area contributed by atoms with Crippen LogP contribution in [0.25, 0.3) is 0 Å². The number of halogens is 1. The van der Waals surface area contributed by atoms with Crippen molar-refractivity contribution in [1.82, 2.24) is 0 Å². The molecule has 0 atom stereocenters. The molecular weight excluding hydrogens is 356 g/mol. The van der Waals surface area contributed by atoms with Gasteiger partial charge in [0.25, 0.3) is 0 Å².